The van der Waals surface area contributed by atoms with Crippen molar-refractivity contribution in [2.45, 2.75) is 47.0 Å². The molecule has 2 amide bonds. The van der Waals surface area contributed by atoms with Crippen molar-refractivity contribution in [1.82, 2.24) is 0 Å². The van der Waals surface area contributed by atoms with Crippen molar-refractivity contribution in [3.63, 3.8) is 0 Å². The average molecular weight is 522 g/mol. The number of carbonyl (C=O) groups excluding carboxylic acids is 2. The Bertz CT molecular complexity index is 1310. The van der Waals surface area contributed by atoms with E-state index in [1.165, 1.54) is 35.6 Å². The fraction of sp³-hybridized carbons (Fsp3) is 0.357. The van der Waals surface area contributed by atoms with Crippen LogP contribution in [0.4, 0.5) is 16.4 Å². The van der Waals surface area contributed by atoms with Crippen LogP contribution in [0.15, 0.2) is 48.5 Å². The summed E-state index contributed by atoms with van der Waals surface area (Å²) in [5, 5.41) is 17.2. The summed E-state index contributed by atoms with van der Waals surface area (Å²) in [6, 6.07) is 13.1. The van der Waals surface area contributed by atoms with Crippen LogP contribution in [0.1, 0.15) is 53.6 Å². The van der Waals surface area contributed by atoms with Gasteiger partial charge in [0.1, 0.15) is 10.8 Å². The highest BCUT2D eigenvalue weighted by Gasteiger charge is 2.34. The van der Waals surface area contributed by atoms with Crippen LogP contribution in [0.2, 0.25) is 0 Å². The van der Waals surface area contributed by atoms with Gasteiger partial charge in [0.05, 0.1) is 10.5 Å². The Kier molecular flexibility index (Phi) is 7.63. The lowest BCUT2D eigenvalue weighted by atomic mass is 9.72. The fourth-order valence-electron chi connectivity index (χ4n) is 4.46. The Labute approximate surface area is 220 Å². The minimum Gasteiger partial charge on any atom is -0.484 e. The maximum Gasteiger partial charge on any atom is 0.269 e. The third-order valence-electron chi connectivity index (χ3n) is 6.70. The third-order valence-corrected chi connectivity index (χ3v) is 7.87. The van der Waals surface area contributed by atoms with Gasteiger partial charge in [-0.15, -0.1) is 11.3 Å². The highest BCUT2D eigenvalue weighted by molar-refractivity contribution is 7.17. The minimum absolute atomic E-state index is 0.0567. The van der Waals surface area contributed by atoms with E-state index in [1.54, 1.807) is 0 Å². The number of amides is 2. The minimum atomic E-state index is -0.498. The van der Waals surface area contributed by atoms with Crippen LogP contribution in [0, 0.1) is 28.4 Å². The van der Waals surface area contributed by atoms with Gasteiger partial charge in [0, 0.05) is 22.7 Å². The van der Waals surface area contributed by atoms with Crippen molar-refractivity contribution < 1.29 is 19.2 Å². The topological polar surface area (TPSA) is 111 Å². The predicted molar refractivity (Wildman–Crippen MR) is 146 cm³/mol. The maximum absolute atomic E-state index is 13.4. The zero-order valence-corrected chi connectivity index (χ0v) is 22.2. The number of nitro benzene ring substituents is 1. The van der Waals surface area contributed by atoms with E-state index in [0.717, 1.165) is 35.3 Å². The summed E-state index contributed by atoms with van der Waals surface area (Å²) in [6.07, 6.45) is 2.62. The Morgan fingerprint density at radius 3 is 2.38 bits per heavy atom. The molecule has 37 heavy (non-hydrogen) atoms. The van der Waals surface area contributed by atoms with Crippen molar-refractivity contribution >= 4 is 39.5 Å². The Balaban J connectivity index is 1.54. The van der Waals surface area contributed by atoms with E-state index in [9.17, 15) is 19.7 Å². The molecule has 1 atom stereocenters. The largest absolute Gasteiger partial charge is 0.484 e. The van der Waals surface area contributed by atoms with Gasteiger partial charge < -0.3 is 15.4 Å². The molecule has 0 saturated carbocycles. The highest BCUT2D eigenvalue weighted by atomic mass is 32.1. The predicted octanol–water partition coefficient (Wildman–Crippen LogP) is 6.39. The standard InChI is InChI=1S/C28H31N3O5S/c1-17-5-8-19(9-6-17)29-26(33)25-22-14-7-18(28(2,3)4)15-23(22)37-27(25)30-24(32)16-36-21-12-10-20(11-13-21)31(34)35/h5-6,8-13,18H,7,14-16H2,1-4H3,(H,29,33)(H,30,32)/t18-/m1/s1. The maximum atomic E-state index is 13.4. The third kappa shape index (κ3) is 6.35. The van der Waals surface area contributed by atoms with Gasteiger partial charge in [-0.2, -0.15) is 0 Å². The molecule has 4 rings (SSSR count). The van der Waals surface area contributed by atoms with E-state index in [0.29, 0.717) is 27.9 Å². The normalized spacial score (nSPS) is 15.0. The molecular formula is C28H31N3O5S. The molecule has 0 aliphatic heterocycles. The SMILES string of the molecule is Cc1ccc(NC(=O)c2c(NC(=O)COc3ccc([N+](=O)[O-])cc3)sc3c2CC[C@@H](C(C)(C)C)C3)cc1. The zero-order chi connectivity index (χ0) is 26.7. The van der Waals surface area contributed by atoms with Crippen molar-refractivity contribution in [3.8, 4) is 5.75 Å². The first-order chi connectivity index (χ1) is 17.5. The second-order valence-electron chi connectivity index (χ2n) is 10.4. The number of nitro groups is 1. The smallest absolute Gasteiger partial charge is 0.269 e. The molecule has 0 spiro atoms. The molecule has 9 heteroatoms. The molecule has 2 N–H and O–H groups in total. The molecule has 1 heterocycles. The van der Waals surface area contributed by atoms with Gasteiger partial charge in [-0.25, -0.2) is 0 Å². The zero-order valence-electron chi connectivity index (χ0n) is 21.4. The molecule has 0 radical (unpaired) electrons. The van der Waals surface area contributed by atoms with Crippen LogP contribution in [0.3, 0.4) is 0 Å². The fourth-order valence-corrected chi connectivity index (χ4v) is 5.80. The molecule has 1 aliphatic carbocycles. The molecule has 0 fully saturated rings. The van der Waals surface area contributed by atoms with E-state index >= 15 is 0 Å². The number of nitrogens with zero attached hydrogens (tertiary/aromatic N) is 1. The molecule has 1 aliphatic rings. The summed E-state index contributed by atoms with van der Waals surface area (Å²) < 4.78 is 5.52. The summed E-state index contributed by atoms with van der Waals surface area (Å²) in [4.78, 5) is 37.7. The van der Waals surface area contributed by atoms with E-state index in [2.05, 4.69) is 31.4 Å². The first-order valence-electron chi connectivity index (χ1n) is 12.2. The Morgan fingerprint density at radius 1 is 1.08 bits per heavy atom. The van der Waals surface area contributed by atoms with Crippen LogP contribution >= 0.6 is 11.3 Å². The summed E-state index contributed by atoms with van der Waals surface area (Å²) in [5.74, 6) is 0.174. The number of non-ortho nitro benzene ring substituents is 1. The number of hydrogen-bond acceptors (Lipinski definition) is 6. The number of aryl methyl sites for hydroxylation is 1. The van der Waals surface area contributed by atoms with Crippen molar-refractivity contribution in [2.24, 2.45) is 11.3 Å². The van der Waals surface area contributed by atoms with Gasteiger partial charge in [-0.05, 0) is 67.3 Å². The molecular weight excluding hydrogens is 490 g/mol. The number of carbonyl (C=O) groups is 2. The average Bonchev–Trinajstić information content (AvgIpc) is 3.21. The van der Waals surface area contributed by atoms with Crippen molar-refractivity contribution in [3.05, 3.63) is 80.2 Å². The second-order valence-corrected chi connectivity index (χ2v) is 11.5. The van der Waals surface area contributed by atoms with E-state index in [1.807, 2.05) is 31.2 Å². The van der Waals surface area contributed by atoms with E-state index in [-0.39, 0.29) is 23.6 Å². The van der Waals surface area contributed by atoms with Crippen LogP contribution in [0.5, 0.6) is 5.75 Å². The quantitative estimate of drug-likeness (QED) is 0.277. The van der Waals surface area contributed by atoms with Crippen LogP contribution in [-0.4, -0.2) is 23.3 Å². The number of benzene rings is 2. The van der Waals surface area contributed by atoms with Crippen LogP contribution in [-0.2, 0) is 17.6 Å². The Morgan fingerprint density at radius 2 is 1.76 bits per heavy atom. The van der Waals surface area contributed by atoms with E-state index < -0.39 is 10.8 Å². The van der Waals surface area contributed by atoms with Gasteiger partial charge >= 0.3 is 0 Å². The molecule has 0 saturated heterocycles. The molecule has 8 nitrogen and oxygen atoms in total. The number of anilines is 2. The number of ether oxygens (including phenoxy) is 1. The van der Waals surface area contributed by atoms with Gasteiger partial charge in [-0.3, -0.25) is 19.7 Å². The molecule has 3 aromatic rings. The number of thiophene rings is 1. The van der Waals surface area contributed by atoms with Crippen LogP contribution < -0.4 is 15.4 Å². The van der Waals surface area contributed by atoms with Gasteiger partial charge in [0.2, 0.25) is 0 Å². The second kappa shape index (κ2) is 10.7. The van der Waals surface area contributed by atoms with Gasteiger partial charge in [0.25, 0.3) is 17.5 Å². The monoisotopic (exact) mass is 521 g/mol. The lowest BCUT2D eigenvalue weighted by molar-refractivity contribution is -0.384. The molecule has 1 aromatic heterocycles. The highest BCUT2D eigenvalue weighted by Crippen LogP contribution is 2.44. The first-order valence-corrected chi connectivity index (χ1v) is 13.0. The summed E-state index contributed by atoms with van der Waals surface area (Å²) >= 11 is 1.46. The van der Waals surface area contributed by atoms with Gasteiger partial charge in [0.15, 0.2) is 6.61 Å². The molecule has 0 bridgehead atoms. The Hall–Kier alpha value is -3.72. The lowest BCUT2D eigenvalue weighted by Crippen LogP contribution is -2.27. The van der Waals surface area contributed by atoms with E-state index in [4.69, 9.17) is 4.74 Å². The molecule has 0 unspecified atom stereocenters. The summed E-state index contributed by atoms with van der Waals surface area (Å²) in [5.41, 5.74) is 3.39. The molecule has 2 aromatic carbocycles. The number of hydrogen-bond donors (Lipinski definition) is 2. The summed E-state index contributed by atoms with van der Waals surface area (Å²) in [6.45, 7) is 8.40. The van der Waals surface area contributed by atoms with Gasteiger partial charge in [-0.1, -0.05) is 38.5 Å². The van der Waals surface area contributed by atoms with Crippen molar-refractivity contribution in [1.29, 1.82) is 0 Å². The first kappa shape index (κ1) is 26.3. The number of nitrogens with one attached hydrogen (secondary N) is 2. The number of rotatable bonds is 7. The van der Waals surface area contributed by atoms with Crippen LogP contribution in [0.25, 0.3) is 0 Å². The lowest BCUT2D eigenvalue weighted by Gasteiger charge is -2.33. The molecule has 194 valence electrons. The van der Waals surface area contributed by atoms with Crippen molar-refractivity contribution in [2.75, 3.05) is 17.2 Å². The number of fused-ring (bicyclic) bond motifs is 1. The summed E-state index contributed by atoms with van der Waals surface area (Å²) in [7, 11) is 0.